The van der Waals surface area contributed by atoms with Crippen LogP contribution in [0.25, 0.3) is 0 Å². The van der Waals surface area contributed by atoms with Gasteiger partial charge in [-0.25, -0.2) is 4.39 Å². The second-order valence-corrected chi connectivity index (χ2v) is 6.33. The topological polar surface area (TPSA) is 72.2 Å². The molecule has 19 heavy (non-hydrogen) atoms. The van der Waals surface area contributed by atoms with Gasteiger partial charge >= 0.3 is 0 Å². The number of hydrogen-bond donors (Lipinski definition) is 2. The number of nitrogens with two attached hydrogens (primary N) is 1. The molecule has 0 saturated carbocycles. The number of hydrogen-bond acceptors (Lipinski definition) is 4. The lowest BCUT2D eigenvalue weighted by molar-refractivity contribution is -0.113. The Balaban J connectivity index is 1.98. The Hall–Kier alpha value is -1.73. The summed E-state index contributed by atoms with van der Waals surface area (Å²) in [6.45, 7) is 0. The monoisotopic (exact) mass is 298 g/mol. The Labute approximate surface area is 115 Å². The zero-order valence-electron chi connectivity index (χ0n) is 9.76. The average Bonchev–Trinajstić information content (AvgIpc) is 2.87. The summed E-state index contributed by atoms with van der Waals surface area (Å²) in [7, 11) is -1.36. The molecule has 0 spiro atoms. The van der Waals surface area contributed by atoms with Gasteiger partial charge in [-0.1, -0.05) is 6.07 Å². The summed E-state index contributed by atoms with van der Waals surface area (Å²) in [6, 6.07) is 7.38. The molecule has 0 aliphatic carbocycles. The van der Waals surface area contributed by atoms with E-state index in [0.29, 0.717) is 9.90 Å². The molecule has 0 saturated heterocycles. The van der Waals surface area contributed by atoms with Crippen molar-refractivity contribution >= 4 is 39.4 Å². The third-order valence-electron chi connectivity index (χ3n) is 2.26. The van der Waals surface area contributed by atoms with E-state index < -0.39 is 22.5 Å². The Morgan fingerprint density at radius 1 is 1.42 bits per heavy atom. The van der Waals surface area contributed by atoms with Gasteiger partial charge in [0.05, 0.1) is 20.7 Å². The number of anilines is 2. The smallest absolute Gasteiger partial charge is 0.237 e. The van der Waals surface area contributed by atoms with Gasteiger partial charge in [0.15, 0.2) is 0 Å². The molecule has 1 aromatic carbocycles. The number of nitrogen functional groups attached to an aromatic ring is 1. The Morgan fingerprint density at radius 3 is 2.84 bits per heavy atom. The molecule has 1 unspecified atom stereocenters. The summed E-state index contributed by atoms with van der Waals surface area (Å²) in [5.41, 5.74) is 5.73. The van der Waals surface area contributed by atoms with Crippen LogP contribution < -0.4 is 11.1 Å². The molecule has 2 rings (SSSR count). The molecular weight excluding hydrogens is 287 g/mol. The minimum absolute atomic E-state index is 0.0443. The van der Waals surface area contributed by atoms with Crippen molar-refractivity contribution in [3.05, 3.63) is 41.5 Å². The quantitative estimate of drug-likeness (QED) is 0.850. The molecular formula is C12H11FN2O2S2. The van der Waals surface area contributed by atoms with Gasteiger partial charge in [0.2, 0.25) is 5.91 Å². The predicted molar refractivity (Wildman–Crippen MR) is 75.0 cm³/mol. The maximum absolute atomic E-state index is 12.9. The molecule has 7 heteroatoms. The molecule has 1 aromatic heterocycles. The molecule has 100 valence electrons. The van der Waals surface area contributed by atoms with E-state index >= 15 is 0 Å². The minimum Gasteiger partial charge on any atom is -0.396 e. The van der Waals surface area contributed by atoms with E-state index in [9.17, 15) is 13.4 Å². The lowest BCUT2D eigenvalue weighted by atomic mass is 10.2. The number of carbonyl (C=O) groups excluding carboxylic acids is 1. The number of thiophene rings is 1. The van der Waals surface area contributed by atoms with Crippen LogP contribution in [0.2, 0.25) is 0 Å². The number of rotatable bonds is 4. The second-order valence-electron chi connectivity index (χ2n) is 3.71. The van der Waals surface area contributed by atoms with E-state index in [-0.39, 0.29) is 11.4 Å². The molecule has 0 aliphatic heterocycles. The van der Waals surface area contributed by atoms with Crippen molar-refractivity contribution in [3.8, 4) is 0 Å². The third-order valence-corrected chi connectivity index (χ3v) is 4.88. The van der Waals surface area contributed by atoms with Crippen molar-refractivity contribution in [2.75, 3.05) is 16.8 Å². The maximum Gasteiger partial charge on any atom is 0.237 e. The number of halogens is 1. The highest BCUT2D eigenvalue weighted by Crippen LogP contribution is 2.17. The van der Waals surface area contributed by atoms with Gasteiger partial charge in [-0.05, 0) is 29.6 Å². The standard InChI is InChI=1S/C12H11FN2O2S2/c13-9-4-3-8(6-10(9)14)15-11(16)7-19(17)12-2-1-5-18-12/h1-6H,7,14H2,(H,15,16). The fourth-order valence-electron chi connectivity index (χ4n) is 1.40. The molecule has 0 aliphatic rings. The van der Waals surface area contributed by atoms with Gasteiger partial charge in [0, 0.05) is 5.69 Å². The summed E-state index contributed by atoms with van der Waals surface area (Å²) in [5.74, 6) is -1.09. The number of nitrogens with one attached hydrogen (secondary N) is 1. The van der Waals surface area contributed by atoms with E-state index in [4.69, 9.17) is 5.73 Å². The van der Waals surface area contributed by atoms with Crippen molar-refractivity contribution in [1.82, 2.24) is 0 Å². The van der Waals surface area contributed by atoms with Gasteiger partial charge in [-0.3, -0.25) is 9.00 Å². The van der Waals surface area contributed by atoms with Crippen LogP contribution in [0.3, 0.4) is 0 Å². The van der Waals surface area contributed by atoms with Crippen LogP contribution >= 0.6 is 11.3 Å². The molecule has 1 amide bonds. The van der Waals surface area contributed by atoms with Crippen molar-refractivity contribution in [2.24, 2.45) is 0 Å². The molecule has 1 atom stereocenters. The van der Waals surface area contributed by atoms with Crippen molar-refractivity contribution in [1.29, 1.82) is 0 Å². The lowest BCUT2D eigenvalue weighted by Gasteiger charge is -2.06. The normalized spacial score (nSPS) is 12.1. The highest BCUT2D eigenvalue weighted by atomic mass is 32.2. The van der Waals surface area contributed by atoms with Crippen molar-refractivity contribution in [3.63, 3.8) is 0 Å². The molecule has 2 aromatic rings. The molecule has 3 N–H and O–H groups in total. The third kappa shape index (κ3) is 3.62. The van der Waals surface area contributed by atoms with Crippen LogP contribution in [-0.4, -0.2) is 15.9 Å². The molecule has 4 nitrogen and oxygen atoms in total. The molecule has 0 bridgehead atoms. The first-order chi connectivity index (χ1) is 9.06. The number of benzene rings is 1. The summed E-state index contributed by atoms with van der Waals surface area (Å²) in [5, 5.41) is 4.33. The van der Waals surface area contributed by atoms with Crippen LogP contribution in [0.4, 0.5) is 15.8 Å². The lowest BCUT2D eigenvalue weighted by Crippen LogP contribution is -2.19. The number of amides is 1. The van der Waals surface area contributed by atoms with Gasteiger partial charge in [0.1, 0.15) is 11.6 Å². The summed E-state index contributed by atoms with van der Waals surface area (Å²) in [4.78, 5) is 11.7. The molecule has 0 radical (unpaired) electrons. The van der Waals surface area contributed by atoms with Gasteiger partial charge < -0.3 is 11.1 Å². The Morgan fingerprint density at radius 2 is 2.21 bits per heavy atom. The molecule has 0 fully saturated rings. The second kappa shape index (κ2) is 5.94. The van der Waals surface area contributed by atoms with E-state index in [2.05, 4.69) is 5.32 Å². The van der Waals surface area contributed by atoms with Crippen LogP contribution in [0.5, 0.6) is 0 Å². The fourth-order valence-corrected chi connectivity index (χ4v) is 3.31. The fraction of sp³-hybridized carbons (Fsp3) is 0.0833. The van der Waals surface area contributed by atoms with Gasteiger partial charge in [-0.15, -0.1) is 11.3 Å². The van der Waals surface area contributed by atoms with E-state index in [1.165, 1.54) is 29.5 Å². The first-order valence-corrected chi connectivity index (χ1v) is 7.53. The van der Waals surface area contributed by atoms with E-state index in [1.807, 2.05) is 0 Å². The molecule has 1 heterocycles. The Bertz CT molecular complexity index is 614. The highest BCUT2D eigenvalue weighted by molar-refractivity contribution is 7.88. The first-order valence-electron chi connectivity index (χ1n) is 5.33. The van der Waals surface area contributed by atoms with E-state index in [0.717, 1.165) is 0 Å². The van der Waals surface area contributed by atoms with E-state index in [1.54, 1.807) is 17.5 Å². The summed E-state index contributed by atoms with van der Waals surface area (Å²) >= 11 is 1.33. The first kappa shape index (κ1) is 13.7. The largest absolute Gasteiger partial charge is 0.396 e. The van der Waals surface area contributed by atoms with Gasteiger partial charge in [-0.2, -0.15) is 0 Å². The zero-order valence-corrected chi connectivity index (χ0v) is 11.4. The van der Waals surface area contributed by atoms with Crippen molar-refractivity contribution in [2.45, 2.75) is 4.21 Å². The van der Waals surface area contributed by atoms with Gasteiger partial charge in [0.25, 0.3) is 0 Å². The van der Waals surface area contributed by atoms with Crippen molar-refractivity contribution < 1.29 is 13.4 Å². The zero-order chi connectivity index (χ0) is 13.8. The number of carbonyl (C=O) groups is 1. The predicted octanol–water partition coefficient (Wildman–Crippen LogP) is 2.22. The summed E-state index contributed by atoms with van der Waals surface area (Å²) in [6.07, 6.45) is 0. The van der Waals surface area contributed by atoms with Crippen LogP contribution in [0, 0.1) is 5.82 Å². The average molecular weight is 298 g/mol. The summed E-state index contributed by atoms with van der Waals surface area (Å²) < 4.78 is 25.4. The van der Waals surface area contributed by atoms with Crippen LogP contribution in [0.1, 0.15) is 0 Å². The maximum atomic E-state index is 12.9. The highest BCUT2D eigenvalue weighted by Gasteiger charge is 2.11. The van der Waals surface area contributed by atoms with Crippen LogP contribution in [0.15, 0.2) is 39.9 Å². The van der Waals surface area contributed by atoms with Crippen LogP contribution in [-0.2, 0) is 15.6 Å². The Kier molecular flexibility index (Phi) is 4.28. The minimum atomic E-state index is -1.36. The SMILES string of the molecule is Nc1cc(NC(=O)CS(=O)c2cccs2)ccc1F.